The first-order valence-corrected chi connectivity index (χ1v) is 8.19. The van der Waals surface area contributed by atoms with E-state index in [9.17, 15) is 19.7 Å². The van der Waals surface area contributed by atoms with Crippen LogP contribution in [0.1, 0.15) is 26.3 Å². The molecule has 2 aromatic rings. The number of benzene rings is 1. The minimum Gasteiger partial charge on any atom is -0.490 e. The molecule has 25 heavy (non-hydrogen) atoms. The lowest BCUT2D eigenvalue weighted by atomic mass is 10.1. The molecule has 0 atom stereocenters. The number of nitrogens with zero attached hydrogens (tertiary/aromatic N) is 1. The van der Waals surface area contributed by atoms with Crippen LogP contribution in [0.3, 0.4) is 0 Å². The van der Waals surface area contributed by atoms with Crippen molar-refractivity contribution in [1.82, 2.24) is 5.32 Å². The van der Waals surface area contributed by atoms with Crippen LogP contribution in [0.4, 0.5) is 5.69 Å². The second kappa shape index (κ2) is 8.25. The van der Waals surface area contributed by atoms with Crippen molar-refractivity contribution in [3.8, 4) is 5.75 Å². The summed E-state index contributed by atoms with van der Waals surface area (Å²) in [6.07, 6.45) is 0. The summed E-state index contributed by atoms with van der Waals surface area (Å²) >= 11 is 1.37. The minimum atomic E-state index is -0.663. The number of ether oxygens (including phenoxy) is 2. The lowest BCUT2D eigenvalue weighted by Crippen LogP contribution is -2.28. The van der Waals surface area contributed by atoms with Crippen LogP contribution in [0, 0.1) is 17.0 Å². The highest BCUT2D eigenvalue weighted by Crippen LogP contribution is 2.32. The molecule has 132 valence electrons. The summed E-state index contributed by atoms with van der Waals surface area (Å²) in [6.45, 7) is 1.69. The number of nitro benzene ring substituents is 1. The topological polar surface area (TPSA) is 108 Å². The van der Waals surface area contributed by atoms with E-state index in [1.165, 1.54) is 30.6 Å². The number of nitrogens with one attached hydrogen (secondary N) is 1. The average molecular weight is 364 g/mol. The number of carbonyl (C=O) groups excluding carboxylic acids is 2. The van der Waals surface area contributed by atoms with Crippen LogP contribution in [0.25, 0.3) is 0 Å². The summed E-state index contributed by atoms with van der Waals surface area (Å²) in [5, 5.41) is 17.2. The molecule has 1 heterocycles. The Bertz CT molecular complexity index is 788. The molecule has 0 aliphatic carbocycles. The average Bonchev–Trinajstić information content (AvgIpc) is 3.11. The Morgan fingerprint density at radius 3 is 2.72 bits per heavy atom. The van der Waals surface area contributed by atoms with Crippen LogP contribution in [0.5, 0.6) is 5.75 Å². The van der Waals surface area contributed by atoms with E-state index in [4.69, 9.17) is 9.47 Å². The van der Waals surface area contributed by atoms with Crippen LogP contribution in [-0.2, 0) is 4.74 Å². The van der Waals surface area contributed by atoms with Gasteiger partial charge in [0.1, 0.15) is 12.2 Å². The van der Waals surface area contributed by atoms with Crippen LogP contribution in [0.15, 0.2) is 29.0 Å². The van der Waals surface area contributed by atoms with Crippen molar-refractivity contribution in [2.45, 2.75) is 6.92 Å². The molecule has 0 aliphatic heterocycles. The van der Waals surface area contributed by atoms with E-state index in [-0.39, 0.29) is 24.5 Å². The van der Waals surface area contributed by atoms with E-state index in [0.717, 1.165) is 0 Å². The number of esters is 1. The van der Waals surface area contributed by atoms with Gasteiger partial charge in [-0.3, -0.25) is 14.9 Å². The maximum atomic E-state index is 12.3. The monoisotopic (exact) mass is 364 g/mol. The predicted octanol–water partition coefficient (Wildman–Crippen LogP) is 2.56. The van der Waals surface area contributed by atoms with Gasteiger partial charge in [0.05, 0.1) is 24.1 Å². The quantitative estimate of drug-likeness (QED) is 0.350. The molecular weight excluding hydrogens is 348 g/mol. The van der Waals surface area contributed by atoms with Gasteiger partial charge in [0, 0.05) is 5.38 Å². The molecule has 0 bridgehead atoms. The van der Waals surface area contributed by atoms with Crippen molar-refractivity contribution in [3.05, 3.63) is 55.8 Å². The molecule has 9 heteroatoms. The van der Waals surface area contributed by atoms with Crippen molar-refractivity contribution >= 4 is 28.9 Å². The van der Waals surface area contributed by atoms with Crippen LogP contribution in [0.2, 0.25) is 0 Å². The van der Waals surface area contributed by atoms with Crippen LogP contribution in [-0.4, -0.2) is 37.1 Å². The van der Waals surface area contributed by atoms with Crippen LogP contribution < -0.4 is 10.1 Å². The fraction of sp³-hybridized carbons (Fsp3) is 0.250. The highest BCUT2D eigenvalue weighted by atomic mass is 32.1. The fourth-order valence-electron chi connectivity index (χ4n) is 2.13. The van der Waals surface area contributed by atoms with Gasteiger partial charge in [0.25, 0.3) is 5.91 Å². The predicted molar refractivity (Wildman–Crippen MR) is 91.3 cm³/mol. The Morgan fingerprint density at radius 2 is 2.12 bits per heavy atom. The SMILES string of the molecule is COc1cc(C)cc(C(=O)NCCOC(=O)c2ccsc2)c1[N+](=O)[O-]. The first kappa shape index (κ1) is 18.4. The number of aryl methyl sites for hydroxylation is 1. The molecule has 1 amide bonds. The van der Waals surface area contributed by atoms with Gasteiger partial charge in [-0.25, -0.2) is 4.79 Å². The largest absolute Gasteiger partial charge is 0.490 e. The van der Waals surface area contributed by atoms with Gasteiger partial charge in [0.2, 0.25) is 0 Å². The summed E-state index contributed by atoms with van der Waals surface area (Å²) in [7, 11) is 1.30. The summed E-state index contributed by atoms with van der Waals surface area (Å²) < 4.78 is 10.0. The summed E-state index contributed by atoms with van der Waals surface area (Å²) in [5.41, 5.74) is 0.582. The highest BCUT2D eigenvalue weighted by molar-refractivity contribution is 7.08. The molecule has 0 spiro atoms. The molecule has 0 saturated heterocycles. The van der Waals surface area contributed by atoms with Crippen molar-refractivity contribution in [2.24, 2.45) is 0 Å². The number of rotatable bonds is 7. The minimum absolute atomic E-state index is 0.0130. The normalized spacial score (nSPS) is 10.2. The molecule has 0 aliphatic rings. The number of methoxy groups -OCH3 is 1. The second-order valence-electron chi connectivity index (χ2n) is 5.02. The van der Waals surface area contributed by atoms with Gasteiger partial charge >= 0.3 is 11.7 Å². The van der Waals surface area contributed by atoms with Gasteiger partial charge in [-0.15, -0.1) is 0 Å². The van der Waals surface area contributed by atoms with E-state index >= 15 is 0 Å². The van der Waals surface area contributed by atoms with E-state index in [1.54, 1.807) is 23.8 Å². The van der Waals surface area contributed by atoms with Crippen molar-refractivity contribution in [2.75, 3.05) is 20.3 Å². The van der Waals surface area contributed by atoms with Crippen molar-refractivity contribution in [1.29, 1.82) is 0 Å². The Hall–Kier alpha value is -2.94. The standard InChI is InChI=1S/C16H16N2O6S/c1-10-7-12(14(18(21)22)13(8-10)23-2)15(19)17-4-5-24-16(20)11-3-6-25-9-11/h3,6-9H,4-5H2,1-2H3,(H,17,19). The van der Waals surface area contributed by atoms with E-state index in [0.29, 0.717) is 11.1 Å². The Kier molecular flexibility index (Phi) is 6.07. The van der Waals surface area contributed by atoms with Gasteiger partial charge in [0.15, 0.2) is 5.75 Å². The zero-order valence-electron chi connectivity index (χ0n) is 13.6. The number of amides is 1. The number of hydrogen-bond acceptors (Lipinski definition) is 7. The molecule has 2 rings (SSSR count). The first-order chi connectivity index (χ1) is 11.9. The zero-order chi connectivity index (χ0) is 18.4. The lowest BCUT2D eigenvalue weighted by Gasteiger charge is -2.10. The summed E-state index contributed by atoms with van der Waals surface area (Å²) in [4.78, 5) is 34.5. The molecule has 1 aromatic heterocycles. The number of hydrogen-bond donors (Lipinski definition) is 1. The smallest absolute Gasteiger partial charge is 0.339 e. The highest BCUT2D eigenvalue weighted by Gasteiger charge is 2.26. The lowest BCUT2D eigenvalue weighted by molar-refractivity contribution is -0.386. The maximum Gasteiger partial charge on any atom is 0.339 e. The molecular formula is C16H16N2O6S. The first-order valence-electron chi connectivity index (χ1n) is 7.24. The van der Waals surface area contributed by atoms with Crippen molar-refractivity contribution in [3.63, 3.8) is 0 Å². The van der Waals surface area contributed by atoms with Gasteiger partial charge < -0.3 is 14.8 Å². The number of thiophene rings is 1. The fourth-order valence-corrected chi connectivity index (χ4v) is 2.76. The zero-order valence-corrected chi connectivity index (χ0v) is 14.4. The van der Waals surface area contributed by atoms with Gasteiger partial charge in [-0.1, -0.05) is 0 Å². The third-order valence-electron chi connectivity index (χ3n) is 3.24. The Balaban J connectivity index is 2.00. The Labute approximate surface area is 147 Å². The third kappa shape index (κ3) is 4.54. The molecule has 8 nitrogen and oxygen atoms in total. The van der Waals surface area contributed by atoms with E-state index in [1.807, 2.05) is 0 Å². The molecule has 0 radical (unpaired) electrons. The van der Waals surface area contributed by atoms with Gasteiger partial charge in [-0.2, -0.15) is 11.3 Å². The molecule has 1 N–H and O–H groups in total. The maximum absolute atomic E-state index is 12.3. The second-order valence-corrected chi connectivity index (χ2v) is 5.80. The Morgan fingerprint density at radius 1 is 1.36 bits per heavy atom. The van der Waals surface area contributed by atoms with E-state index in [2.05, 4.69) is 5.32 Å². The number of nitro groups is 1. The summed E-state index contributed by atoms with van der Waals surface area (Å²) in [6, 6.07) is 4.53. The summed E-state index contributed by atoms with van der Waals surface area (Å²) in [5.74, 6) is -1.11. The molecule has 0 fully saturated rings. The van der Waals surface area contributed by atoms with Gasteiger partial charge in [-0.05, 0) is 36.1 Å². The number of carbonyl (C=O) groups is 2. The van der Waals surface area contributed by atoms with Crippen molar-refractivity contribution < 1.29 is 24.0 Å². The molecule has 0 saturated carbocycles. The molecule has 1 aromatic carbocycles. The molecule has 0 unspecified atom stereocenters. The van der Waals surface area contributed by atoms with Crippen LogP contribution >= 0.6 is 11.3 Å². The van der Waals surface area contributed by atoms with E-state index < -0.39 is 22.5 Å². The third-order valence-corrected chi connectivity index (χ3v) is 3.93.